The number of nitrogens with one attached hydrogen (secondary N) is 1. The number of benzene rings is 2. The van der Waals surface area contributed by atoms with Crippen LogP contribution < -0.4 is 5.32 Å². The summed E-state index contributed by atoms with van der Waals surface area (Å²) in [6.45, 7) is 0.408. The van der Waals surface area contributed by atoms with Crippen LogP contribution >= 0.6 is 11.6 Å². The molecule has 0 aliphatic heterocycles. The van der Waals surface area contributed by atoms with Gasteiger partial charge in [0.05, 0.1) is 18.4 Å². The van der Waals surface area contributed by atoms with Crippen molar-refractivity contribution in [3.63, 3.8) is 0 Å². The Balaban J connectivity index is 1.37. The Morgan fingerprint density at radius 3 is 2.85 bits per heavy atom. The molecule has 2 unspecified atom stereocenters. The lowest BCUT2D eigenvalue weighted by Gasteiger charge is -2.05. The molecule has 2 atom stereocenters. The van der Waals surface area contributed by atoms with Gasteiger partial charge in [0.1, 0.15) is 5.82 Å². The maximum Gasteiger partial charge on any atom is 0.228 e. The van der Waals surface area contributed by atoms with Crippen molar-refractivity contribution in [2.75, 3.05) is 5.32 Å². The summed E-state index contributed by atoms with van der Waals surface area (Å²) in [6.07, 6.45) is 4.22. The molecule has 1 fully saturated rings. The largest absolute Gasteiger partial charge is 0.323 e. The summed E-state index contributed by atoms with van der Waals surface area (Å²) < 4.78 is 14.8. The number of rotatable bonds is 5. The Hall–Kier alpha value is -2.66. The second-order valence-corrected chi connectivity index (χ2v) is 6.92. The zero-order valence-corrected chi connectivity index (χ0v) is 14.7. The molecule has 4 rings (SSSR count). The smallest absolute Gasteiger partial charge is 0.228 e. The summed E-state index contributed by atoms with van der Waals surface area (Å²) in [5.74, 6) is -0.0562. The Morgan fingerprint density at radius 2 is 2.08 bits per heavy atom. The van der Waals surface area contributed by atoms with Crippen LogP contribution in [0.25, 0.3) is 0 Å². The molecule has 26 heavy (non-hydrogen) atoms. The van der Waals surface area contributed by atoms with Gasteiger partial charge in [0, 0.05) is 17.1 Å². The van der Waals surface area contributed by atoms with Gasteiger partial charge in [-0.15, -0.1) is 0 Å². The SMILES string of the molecule is O=C(Nc1cnn(Cc2ccc(F)cc2Cl)c1)C1CC1c1ccccc1. The third-order valence-electron chi connectivity index (χ3n) is 4.60. The number of carbonyl (C=O) groups is 1. The molecular formula is C20H17ClFN3O. The van der Waals surface area contributed by atoms with Gasteiger partial charge in [0.15, 0.2) is 0 Å². The first-order chi connectivity index (χ1) is 12.6. The fraction of sp³-hybridized carbons (Fsp3) is 0.200. The van der Waals surface area contributed by atoms with Crippen molar-refractivity contribution in [1.29, 1.82) is 0 Å². The highest BCUT2D eigenvalue weighted by Gasteiger charge is 2.43. The molecule has 132 valence electrons. The maximum atomic E-state index is 13.1. The van der Waals surface area contributed by atoms with Crippen LogP contribution in [-0.2, 0) is 11.3 Å². The second-order valence-electron chi connectivity index (χ2n) is 6.51. The number of halogens is 2. The first-order valence-electron chi connectivity index (χ1n) is 8.42. The van der Waals surface area contributed by atoms with Crippen LogP contribution in [0.2, 0.25) is 5.02 Å². The Kier molecular flexibility index (Phi) is 4.47. The Labute approximate surface area is 155 Å². The highest BCUT2D eigenvalue weighted by Crippen LogP contribution is 2.47. The van der Waals surface area contributed by atoms with Crippen LogP contribution in [0.15, 0.2) is 60.9 Å². The zero-order valence-electron chi connectivity index (χ0n) is 13.9. The molecule has 0 saturated heterocycles. The molecule has 4 nitrogen and oxygen atoms in total. The van der Waals surface area contributed by atoms with Gasteiger partial charge < -0.3 is 5.32 Å². The van der Waals surface area contributed by atoms with Gasteiger partial charge in [-0.25, -0.2) is 4.39 Å². The first kappa shape index (κ1) is 16.8. The minimum absolute atomic E-state index is 0.00675. The van der Waals surface area contributed by atoms with Crippen molar-refractivity contribution in [2.24, 2.45) is 5.92 Å². The molecule has 1 N–H and O–H groups in total. The van der Waals surface area contributed by atoms with E-state index in [2.05, 4.69) is 22.5 Å². The van der Waals surface area contributed by atoms with Crippen LogP contribution in [0.4, 0.5) is 10.1 Å². The average molecular weight is 370 g/mol. The Bertz CT molecular complexity index is 941. The van der Waals surface area contributed by atoms with E-state index < -0.39 is 0 Å². The van der Waals surface area contributed by atoms with Gasteiger partial charge in [-0.05, 0) is 35.6 Å². The molecule has 0 bridgehead atoms. The number of nitrogens with zero attached hydrogens (tertiary/aromatic N) is 2. The normalized spacial score (nSPS) is 18.5. The molecule has 1 aliphatic rings. The summed E-state index contributed by atoms with van der Waals surface area (Å²) in [4.78, 5) is 12.4. The molecule has 0 radical (unpaired) electrons. The van der Waals surface area contributed by atoms with E-state index >= 15 is 0 Å². The second kappa shape index (κ2) is 6.92. The third kappa shape index (κ3) is 3.63. The van der Waals surface area contributed by atoms with E-state index in [1.165, 1.54) is 17.7 Å². The van der Waals surface area contributed by atoms with Gasteiger partial charge in [0.2, 0.25) is 5.91 Å². The van der Waals surface area contributed by atoms with E-state index in [0.717, 1.165) is 12.0 Å². The van der Waals surface area contributed by atoms with Crippen molar-refractivity contribution in [3.8, 4) is 0 Å². The quantitative estimate of drug-likeness (QED) is 0.721. The lowest BCUT2D eigenvalue weighted by Crippen LogP contribution is -2.14. The van der Waals surface area contributed by atoms with Crippen LogP contribution in [0.5, 0.6) is 0 Å². The van der Waals surface area contributed by atoms with Crippen molar-refractivity contribution in [1.82, 2.24) is 9.78 Å². The third-order valence-corrected chi connectivity index (χ3v) is 4.96. The lowest BCUT2D eigenvalue weighted by molar-refractivity contribution is -0.117. The van der Waals surface area contributed by atoms with Gasteiger partial charge >= 0.3 is 0 Å². The van der Waals surface area contributed by atoms with E-state index in [-0.39, 0.29) is 17.6 Å². The maximum absolute atomic E-state index is 13.1. The standard InChI is InChI=1S/C20H17ClFN3O/c21-19-8-15(22)7-6-14(19)11-25-12-16(10-23-25)24-20(26)18-9-17(18)13-4-2-1-3-5-13/h1-8,10,12,17-18H,9,11H2,(H,24,26). The molecule has 1 heterocycles. The van der Waals surface area contributed by atoms with Crippen molar-refractivity contribution in [2.45, 2.75) is 18.9 Å². The highest BCUT2D eigenvalue weighted by molar-refractivity contribution is 6.31. The molecule has 2 aromatic carbocycles. The fourth-order valence-electron chi connectivity index (χ4n) is 3.13. The first-order valence-corrected chi connectivity index (χ1v) is 8.80. The molecular weight excluding hydrogens is 353 g/mol. The van der Waals surface area contributed by atoms with Crippen LogP contribution in [0.1, 0.15) is 23.5 Å². The summed E-state index contributed by atoms with van der Waals surface area (Å²) in [6, 6.07) is 14.4. The van der Waals surface area contributed by atoms with E-state index in [0.29, 0.717) is 23.2 Å². The van der Waals surface area contributed by atoms with Gasteiger partial charge in [-0.3, -0.25) is 9.48 Å². The summed E-state index contributed by atoms with van der Waals surface area (Å²) in [5, 5.41) is 7.51. The number of hydrogen-bond acceptors (Lipinski definition) is 2. The van der Waals surface area contributed by atoms with Crippen molar-refractivity contribution in [3.05, 3.63) is 82.9 Å². The van der Waals surface area contributed by atoms with E-state index in [1.54, 1.807) is 23.1 Å². The number of anilines is 1. The number of amides is 1. The van der Waals surface area contributed by atoms with Gasteiger partial charge in [0.25, 0.3) is 0 Å². The van der Waals surface area contributed by atoms with E-state index in [1.807, 2.05) is 18.2 Å². The van der Waals surface area contributed by atoms with Crippen LogP contribution in [-0.4, -0.2) is 15.7 Å². The topological polar surface area (TPSA) is 46.9 Å². The molecule has 1 amide bonds. The van der Waals surface area contributed by atoms with E-state index in [4.69, 9.17) is 11.6 Å². The average Bonchev–Trinajstić information content (AvgIpc) is 3.33. The molecule has 1 aliphatic carbocycles. The molecule has 0 spiro atoms. The highest BCUT2D eigenvalue weighted by atomic mass is 35.5. The predicted octanol–water partition coefficient (Wildman–Crippen LogP) is 4.47. The molecule has 3 aromatic rings. The number of carbonyl (C=O) groups excluding carboxylic acids is 1. The van der Waals surface area contributed by atoms with Crippen LogP contribution in [0, 0.1) is 11.7 Å². The lowest BCUT2D eigenvalue weighted by atomic mass is 10.1. The van der Waals surface area contributed by atoms with Gasteiger partial charge in [-0.1, -0.05) is 48.0 Å². The molecule has 1 saturated carbocycles. The summed E-state index contributed by atoms with van der Waals surface area (Å²) in [5.41, 5.74) is 2.61. The minimum atomic E-state index is -0.371. The monoisotopic (exact) mass is 369 g/mol. The molecule has 6 heteroatoms. The van der Waals surface area contributed by atoms with E-state index in [9.17, 15) is 9.18 Å². The minimum Gasteiger partial charge on any atom is -0.323 e. The summed E-state index contributed by atoms with van der Waals surface area (Å²) in [7, 11) is 0. The van der Waals surface area contributed by atoms with Gasteiger partial charge in [-0.2, -0.15) is 5.10 Å². The number of aromatic nitrogens is 2. The number of hydrogen-bond donors (Lipinski definition) is 1. The van der Waals surface area contributed by atoms with Crippen molar-refractivity contribution < 1.29 is 9.18 Å². The zero-order chi connectivity index (χ0) is 18.1. The molecule has 1 aromatic heterocycles. The van der Waals surface area contributed by atoms with Crippen molar-refractivity contribution >= 4 is 23.2 Å². The van der Waals surface area contributed by atoms with Crippen LogP contribution in [0.3, 0.4) is 0 Å². The summed E-state index contributed by atoms with van der Waals surface area (Å²) >= 11 is 6.04. The Morgan fingerprint density at radius 1 is 1.27 bits per heavy atom. The predicted molar refractivity (Wildman–Crippen MR) is 98.7 cm³/mol. The fourth-order valence-corrected chi connectivity index (χ4v) is 3.35.